The van der Waals surface area contributed by atoms with Gasteiger partial charge in [-0.3, -0.25) is 4.98 Å². The van der Waals surface area contributed by atoms with Gasteiger partial charge in [0.1, 0.15) is 4.90 Å². The number of oxime groups is 1. The Balaban J connectivity index is 3.10. The maximum Gasteiger partial charge on any atom is 0.243 e. The second-order valence-corrected chi connectivity index (χ2v) is 6.65. The summed E-state index contributed by atoms with van der Waals surface area (Å²) in [4.78, 5) is 3.75. The number of nitrogens with zero attached hydrogens (tertiary/aromatic N) is 2. The van der Waals surface area contributed by atoms with Crippen molar-refractivity contribution >= 4 is 31.8 Å². The molecule has 0 aromatic carbocycles. The highest BCUT2D eigenvalue weighted by Gasteiger charge is 2.30. The summed E-state index contributed by atoms with van der Waals surface area (Å²) in [7, 11) is -3.81. The van der Waals surface area contributed by atoms with Gasteiger partial charge in [-0.2, -0.15) is 4.72 Å². The standard InChI is InChI=1S/C9H13BrN4O3S/c1-9(2,8(11)13-15)14-18(16,17)7-3-6(10)4-12-5-7/h3-5,14-15H,1-2H3,(H2,11,13). The smallest absolute Gasteiger partial charge is 0.243 e. The van der Waals surface area contributed by atoms with Crippen molar-refractivity contribution < 1.29 is 13.6 Å². The van der Waals surface area contributed by atoms with Crippen LogP contribution in [0.2, 0.25) is 0 Å². The fourth-order valence-electron chi connectivity index (χ4n) is 1.11. The van der Waals surface area contributed by atoms with E-state index in [2.05, 4.69) is 30.8 Å². The van der Waals surface area contributed by atoms with Gasteiger partial charge in [-0.05, 0) is 35.8 Å². The van der Waals surface area contributed by atoms with Crippen molar-refractivity contribution in [2.45, 2.75) is 24.3 Å². The van der Waals surface area contributed by atoms with Crippen LogP contribution in [0.5, 0.6) is 0 Å². The number of sulfonamides is 1. The van der Waals surface area contributed by atoms with Crippen LogP contribution in [0.4, 0.5) is 0 Å². The molecule has 0 unspecified atom stereocenters. The van der Waals surface area contributed by atoms with Gasteiger partial charge in [-0.25, -0.2) is 8.42 Å². The fraction of sp³-hybridized carbons (Fsp3) is 0.333. The summed E-state index contributed by atoms with van der Waals surface area (Å²) in [6.45, 7) is 2.95. The molecule has 1 aromatic rings. The SMILES string of the molecule is CC(C)(NS(=O)(=O)c1cncc(Br)c1)C(N)=NO. The zero-order valence-corrected chi connectivity index (χ0v) is 12.2. The Morgan fingerprint density at radius 2 is 2.17 bits per heavy atom. The lowest BCUT2D eigenvalue weighted by Gasteiger charge is -2.24. The van der Waals surface area contributed by atoms with E-state index < -0.39 is 15.6 Å². The molecule has 9 heteroatoms. The molecule has 0 spiro atoms. The molecule has 100 valence electrons. The van der Waals surface area contributed by atoms with Gasteiger partial charge in [0, 0.05) is 16.9 Å². The minimum Gasteiger partial charge on any atom is -0.409 e. The van der Waals surface area contributed by atoms with E-state index >= 15 is 0 Å². The van der Waals surface area contributed by atoms with Crippen LogP contribution in [0, 0.1) is 0 Å². The highest BCUT2D eigenvalue weighted by Crippen LogP contribution is 2.16. The van der Waals surface area contributed by atoms with E-state index in [1.165, 1.54) is 32.3 Å². The summed E-state index contributed by atoms with van der Waals surface area (Å²) < 4.78 is 27.0. The minimum absolute atomic E-state index is 0.0179. The van der Waals surface area contributed by atoms with Crippen molar-refractivity contribution in [2.75, 3.05) is 0 Å². The number of nitrogens with two attached hydrogens (primary N) is 1. The van der Waals surface area contributed by atoms with Gasteiger partial charge in [0.2, 0.25) is 10.0 Å². The molecule has 1 heterocycles. The molecule has 0 radical (unpaired) electrons. The molecule has 1 rings (SSSR count). The molecule has 0 saturated carbocycles. The molecular weight excluding hydrogens is 324 g/mol. The lowest BCUT2D eigenvalue weighted by atomic mass is 10.1. The molecular formula is C9H13BrN4O3S. The molecule has 0 atom stereocenters. The predicted molar refractivity (Wildman–Crippen MR) is 69.7 cm³/mol. The van der Waals surface area contributed by atoms with E-state index in [-0.39, 0.29) is 10.7 Å². The Bertz CT molecular complexity index is 571. The summed E-state index contributed by atoms with van der Waals surface area (Å²) in [6.07, 6.45) is 2.67. The molecule has 7 nitrogen and oxygen atoms in total. The molecule has 1 aromatic heterocycles. The summed E-state index contributed by atoms with van der Waals surface area (Å²) >= 11 is 3.13. The summed E-state index contributed by atoms with van der Waals surface area (Å²) in [6, 6.07) is 1.40. The molecule has 0 aliphatic carbocycles. The first-order valence-corrected chi connectivity index (χ1v) is 7.09. The number of amidine groups is 1. The molecule has 0 amide bonds. The lowest BCUT2D eigenvalue weighted by Crippen LogP contribution is -2.52. The fourth-order valence-corrected chi connectivity index (χ4v) is 3.00. The van der Waals surface area contributed by atoms with Crippen LogP contribution in [0.15, 0.2) is 33.0 Å². The number of aromatic nitrogens is 1. The topological polar surface area (TPSA) is 118 Å². The van der Waals surface area contributed by atoms with Gasteiger partial charge in [-0.1, -0.05) is 5.16 Å². The molecule has 0 aliphatic heterocycles. The van der Waals surface area contributed by atoms with Crippen LogP contribution < -0.4 is 10.5 Å². The monoisotopic (exact) mass is 336 g/mol. The predicted octanol–water partition coefficient (Wildman–Crippen LogP) is 0.647. The average Bonchev–Trinajstić information content (AvgIpc) is 2.26. The first-order valence-electron chi connectivity index (χ1n) is 4.81. The van der Waals surface area contributed by atoms with Crippen molar-refractivity contribution in [3.8, 4) is 0 Å². The van der Waals surface area contributed by atoms with Crippen LogP contribution in [0.1, 0.15) is 13.8 Å². The van der Waals surface area contributed by atoms with Crippen LogP contribution in [-0.4, -0.2) is 30.0 Å². The van der Waals surface area contributed by atoms with E-state index in [0.717, 1.165) is 0 Å². The maximum absolute atomic E-state index is 12.1. The zero-order chi connectivity index (χ0) is 14.0. The quantitative estimate of drug-likeness (QED) is 0.323. The lowest BCUT2D eigenvalue weighted by molar-refractivity contribution is 0.312. The highest BCUT2D eigenvalue weighted by atomic mass is 79.9. The largest absolute Gasteiger partial charge is 0.409 e. The van der Waals surface area contributed by atoms with Gasteiger partial charge in [0.25, 0.3) is 0 Å². The van der Waals surface area contributed by atoms with Gasteiger partial charge in [0.15, 0.2) is 5.84 Å². The van der Waals surface area contributed by atoms with Gasteiger partial charge in [0.05, 0.1) is 5.54 Å². The van der Waals surface area contributed by atoms with Crippen molar-refractivity contribution in [1.82, 2.24) is 9.71 Å². The van der Waals surface area contributed by atoms with Crippen LogP contribution in [-0.2, 0) is 10.0 Å². The summed E-state index contributed by atoms with van der Waals surface area (Å²) in [5.41, 5.74) is 4.20. The van der Waals surface area contributed by atoms with Crippen molar-refractivity contribution in [1.29, 1.82) is 0 Å². The second kappa shape index (κ2) is 5.21. The Kier molecular flexibility index (Phi) is 4.30. The van der Waals surface area contributed by atoms with E-state index in [4.69, 9.17) is 10.9 Å². The maximum atomic E-state index is 12.1. The van der Waals surface area contributed by atoms with Gasteiger partial charge < -0.3 is 10.9 Å². The van der Waals surface area contributed by atoms with E-state index in [9.17, 15) is 8.42 Å². The normalized spacial score (nSPS) is 13.6. The molecule has 0 fully saturated rings. The zero-order valence-electron chi connectivity index (χ0n) is 9.75. The average molecular weight is 337 g/mol. The number of pyridine rings is 1. The van der Waals surface area contributed by atoms with Gasteiger partial charge in [-0.15, -0.1) is 0 Å². The van der Waals surface area contributed by atoms with Gasteiger partial charge >= 0.3 is 0 Å². The summed E-state index contributed by atoms with van der Waals surface area (Å²) in [5, 5.41) is 11.4. The Labute approximate surface area is 113 Å². The third kappa shape index (κ3) is 3.40. The van der Waals surface area contributed by atoms with Crippen molar-refractivity contribution in [2.24, 2.45) is 10.9 Å². The highest BCUT2D eigenvalue weighted by molar-refractivity contribution is 9.10. The first kappa shape index (κ1) is 14.9. The van der Waals surface area contributed by atoms with E-state index in [1.807, 2.05) is 0 Å². The second-order valence-electron chi connectivity index (χ2n) is 4.05. The van der Waals surface area contributed by atoms with Crippen molar-refractivity contribution in [3.63, 3.8) is 0 Å². The Hall–Kier alpha value is -1.19. The van der Waals surface area contributed by atoms with Crippen molar-refractivity contribution in [3.05, 3.63) is 22.9 Å². The van der Waals surface area contributed by atoms with Crippen LogP contribution in [0.25, 0.3) is 0 Å². The third-order valence-electron chi connectivity index (χ3n) is 2.13. The number of hydrogen-bond donors (Lipinski definition) is 3. The van der Waals surface area contributed by atoms with Crippen LogP contribution >= 0.6 is 15.9 Å². The number of halogens is 1. The number of nitrogens with one attached hydrogen (secondary N) is 1. The number of rotatable bonds is 4. The van der Waals surface area contributed by atoms with E-state index in [0.29, 0.717) is 4.47 Å². The molecule has 0 aliphatic rings. The Morgan fingerprint density at radius 3 is 2.67 bits per heavy atom. The molecule has 0 saturated heterocycles. The first-order chi connectivity index (χ1) is 8.19. The number of hydrogen-bond acceptors (Lipinski definition) is 5. The van der Waals surface area contributed by atoms with E-state index in [1.54, 1.807) is 0 Å². The molecule has 0 bridgehead atoms. The molecule has 18 heavy (non-hydrogen) atoms. The Morgan fingerprint density at radius 1 is 1.56 bits per heavy atom. The van der Waals surface area contributed by atoms with Crippen LogP contribution in [0.3, 0.4) is 0 Å². The minimum atomic E-state index is -3.81. The molecule has 4 N–H and O–H groups in total. The third-order valence-corrected chi connectivity index (χ3v) is 4.18. The summed E-state index contributed by atoms with van der Waals surface area (Å²) in [5.74, 6) is -0.242.